The number of aromatic amines is 1. The summed E-state index contributed by atoms with van der Waals surface area (Å²) >= 11 is 5.68. The molecule has 1 heterocycles. The van der Waals surface area contributed by atoms with E-state index >= 15 is 0 Å². The first-order valence-electron chi connectivity index (χ1n) is 5.61. The number of carbonyl (C=O) groups excluding carboxylic acids is 1. The van der Waals surface area contributed by atoms with Crippen molar-refractivity contribution < 1.29 is 4.79 Å². The van der Waals surface area contributed by atoms with Crippen LogP contribution in [0.25, 0.3) is 0 Å². The van der Waals surface area contributed by atoms with Gasteiger partial charge in [0.05, 0.1) is 6.54 Å². The van der Waals surface area contributed by atoms with Gasteiger partial charge in [0.15, 0.2) is 0 Å². The van der Waals surface area contributed by atoms with Crippen LogP contribution >= 0.6 is 11.6 Å². The predicted octanol–water partition coefficient (Wildman–Crippen LogP) is -0.158. The summed E-state index contributed by atoms with van der Waals surface area (Å²) < 4.78 is 1.20. The van der Waals surface area contributed by atoms with Gasteiger partial charge < -0.3 is 0 Å². The molecule has 2 rings (SSSR count). The van der Waals surface area contributed by atoms with Crippen molar-refractivity contribution in [2.75, 3.05) is 0 Å². The van der Waals surface area contributed by atoms with Gasteiger partial charge in [0.25, 0.3) is 11.5 Å². The van der Waals surface area contributed by atoms with E-state index in [1.807, 2.05) is 5.43 Å². The van der Waals surface area contributed by atoms with Gasteiger partial charge in [0.2, 0.25) is 0 Å². The van der Waals surface area contributed by atoms with Gasteiger partial charge in [-0.1, -0.05) is 29.8 Å². The van der Waals surface area contributed by atoms with Crippen molar-refractivity contribution in [1.82, 2.24) is 15.0 Å². The van der Waals surface area contributed by atoms with Gasteiger partial charge in [0.1, 0.15) is 5.02 Å². The molecule has 0 aliphatic heterocycles. The second-order valence-corrected chi connectivity index (χ2v) is 4.40. The Morgan fingerprint density at radius 3 is 2.75 bits per heavy atom. The molecule has 4 N–H and O–H groups in total. The summed E-state index contributed by atoms with van der Waals surface area (Å²) in [5.41, 5.74) is 1.68. The molecule has 1 aromatic heterocycles. The van der Waals surface area contributed by atoms with Crippen molar-refractivity contribution in [1.29, 1.82) is 0 Å². The average molecular weight is 295 g/mol. The number of nitrogen functional groups attached to an aromatic ring is 1. The molecule has 0 saturated carbocycles. The normalized spacial score (nSPS) is 10.3. The minimum atomic E-state index is -0.652. The summed E-state index contributed by atoms with van der Waals surface area (Å²) in [6.07, 6.45) is 1.22. The van der Waals surface area contributed by atoms with Crippen molar-refractivity contribution >= 4 is 17.5 Å². The number of nitrogens with zero attached hydrogens (tertiary/aromatic N) is 1. The number of benzene rings is 1. The molecule has 104 valence electrons. The summed E-state index contributed by atoms with van der Waals surface area (Å²) in [4.78, 5) is 36.6. The first-order valence-corrected chi connectivity index (χ1v) is 5.99. The van der Waals surface area contributed by atoms with E-state index in [2.05, 4.69) is 4.98 Å². The van der Waals surface area contributed by atoms with E-state index < -0.39 is 17.2 Å². The molecular weight excluding hydrogens is 284 g/mol. The maximum absolute atomic E-state index is 11.7. The van der Waals surface area contributed by atoms with E-state index in [1.165, 1.54) is 10.8 Å². The number of amides is 1. The fourth-order valence-electron chi connectivity index (χ4n) is 1.74. The third-order valence-electron chi connectivity index (χ3n) is 2.70. The van der Waals surface area contributed by atoms with Crippen molar-refractivity contribution in [2.45, 2.75) is 6.54 Å². The lowest BCUT2D eigenvalue weighted by Gasteiger charge is -2.10. The van der Waals surface area contributed by atoms with Crippen molar-refractivity contribution in [3.05, 3.63) is 67.4 Å². The summed E-state index contributed by atoms with van der Waals surface area (Å²) in [6, 6.07) is 6.66. The fourth-order valence-corrected chi connectivity index (χ4v) is 1.91. The molecule has 0 aliphatic carbocycles. The standard InChI is InChI=1S/C12H11ClN4O3/c13-9-6-17(12(20)15-11(9)19)5-7-3-1-2-4-8(7)10(18)16-14/h1-4,6H,5,14H2,(H,16,18)(H,15,19,20). The molecule has 0 atom stereocenters. The highest BCUT2D eigenvalue weighted by molar-refractivity contribution is 6.30. The molecule has 7 nitrogen and oxygen atoms in total. The number of nitrogens with two attached hydrogens (primary N) is 1. The van der Waals surface area contributed by atoms with Gasteiger partial charge in [0, 0.05) is 11.8 Å². The van der Waals surface area contributed by atoms with Crippen molar-refractivity contribution in [2.24, 2.45) is 5.84 Å². The first-order chi connectivity index (χ1) is 9.52. The first kappa shape index (κ1) is 14.0. The molecular formula is C12H11ClN4O3. The molecule has 8 heteroatoms. The smallest absolute Gasteiger partial charge is 0.295 e. The number of rotatable bonds is 3. The Bertz CT molecular complexity index is 766. The van der Waals surface area contributed by atoms with Gasteiger partial charge in [-0.3, -0.25) is 24.6 Å². The number of halogens is 1. The van der Waals surface area contributed by atoms with Crippen LogP contribution in [-0.4, -0.2) is 15.5 Å². The predicted molar refractivity (Wildman–Crippen MR) is 73.5 cm³/mol. The molecule has 0 bridgehead atoms. The number of hydrazine groups is 1. The van der Waals surface area contributed by atoms with E-state index in [0.717, 1.165) is 0 Å². The molecule has 0 fully saturated rings. The maximum atomic E-state index is 11.7. The monoisotopic (exact) mass is 294 g/mol. The molecule has 1 aromatic carbocycles. The van der Waals surface area contributed by atoms with Crippen LogP contribution in [-0.2, 0) is 6.54 Å². The zero-order chi connectivity index (χ0) is 14.7. The summed E-state index contributed by atoms with van der Waals surface area (Å²) in [6.45, 7) is 0.0823. The fraction of sp³-hybridized carbons (Fsp3) is 0.0833. The quantitative estimate of drug-likeness (QED) is 0.415. The number of aromatic nitrogens is 2. The number of nitrogens with one attached hydrogen (secondary N) is 2. The lowest BCUT2D eigenvalue weighted by Crippen LogP contribution is -2.33. The van der Waals surface area contributed by atoms with Gasteiger partial charge in [-0.2, -0.15) is 0 Å². The van der Waals surface area contributed by atoms with Crippen LogP contribution in [0.5, 0.6) is 0 Å². The highest BCUT2D eigenvalue weighted by Crippen LogP contribution is 2.10. The molecule has 0 radical (unpaired) electrons. The Hall–Kier alpha value is -2.38. The largest absolute Gasteiger partial charge is 0.328 e. The molecule has 0 saturated heterocycles. The van der Waals surface area contributed by atoms with Crippen LogP contribution in [0, 0.1) is 0 Å². The molecule has 2 aromatic rings. The second kappa shape index (κ2) is 5.72. The zero-order valence-electron chi connectivity index (χ0n) is 10.2. The average Bonchev–Trinajstić information content (AvgIpc) is 2.44. The summed E-state index contributed by atoms with van der Waals surface area (Å²) in [7, 11) is 0. The Morgan fingerprint density at radius 2 is 2.05 bits per heavy atom. The lowest BCUT2D eigenvalue weighted by molar-refractivity contribution is 0.0952. The van der Waals surface area contributed by atoms with E-state index in [1.54, 1.807) is 24.3 Å². The van der Waals surface area contributed by atoms with E-state index in [-0.39, 0.29) is 11.6 Å². The molecule has 1 amide bonds. The Balaban J connectivity index is 2.46. The zero-order valence-corrected chi connectivity index (χ0v) is 11.0. The van der Waals surface area contributed by atoms with Gasteiger partial charge in [-0.25, -0.2) is 10.6 Å². The van der Waals surface area contributed by atoms with Gasteiger partial charge >= 0.3 is 5.69 Å². The van der Waals surface area contributed by atoms with E-state index in [0.29, 0.717) is 11.1 Å². The van der Waals surface area contributed by atoms with Crippen molar-refractivity contribution in [3.8, 4) is 0 Å². The summed E-state index contributed by atoms with van der Waals surface area (Å²) in [5.74, 6) is 4.64. The van der Waals surface area contributed by atoms with E-state index in [9.17, 15) is 14.4 Å². The Kier molecular flexibility index (Phi) is 4.02. The molecule has 0 spiro atoms. The highest BCUT2D eigenvalue weighted by atomic mass is 35.5. The number of carbonyl (C=O) groups is 1. The van der Waals surface area contributed by atoms with Crippen molar-refractivity contribution in [3.63, 3.8) is 0 Å². The van der Waals surface area contributed by atoms with Gasteiger partial charge in [-0.15, -0.1) is 0 Å². The summed E-state index contributed by atoms with van der Waals surface area (Å²) in [5, 5.41) is -0.106. The van der Waals surface area contributed by atoms with Gasteiger partial charge in [-0.05, 0) is 11.6 Å². The maximum Gasteiger partial charge on any atom is 0.328 e. The number of hydrogen-bond donors (Lipinski definition) is 3. The molecule has 0 unspecified atom stereocenters. The minimum absolute atomic E-state index is 0.0823. The topological polar surface area (TPSA) is 110 Å². The SMILES string of the molecule is NNC(=O)c1ccccc1Cn1cc(Cl)c(=O)[nH]c1=O. The Labute approximate surface area is 118 Å². The van der Waals surface area contributed by atoms with Crippen LogP contribution in [0.4, 0.5) is 0 Å². The third kappa shape index (κ3) is 2.79. The highest BCUT2D eigenvalue weighted by Gasteiger charge is 2.11. The third-order valence-corrected chi connectivity index (χ3v) is 2.97. The van der Waals surface area contributed by atoms with Crippen LogP contribution in [0.2, 0.25) is 5.02 Å². The molecule has 20 heavy (non-hydrogen) atoms. The van der Waals surface area contributed by atoms with Crippen LogP contribution in [0.15, 0.2) is 40.1 Å². The lowest BCUT2D eigenvalue weighted by atomic mass is 10.1. The molecule has 0 aliphatic rings. The number of hydrogen-bond acceptors (Lipinski definition) is 4. The minimum Gasteiger partial charge on any atom is -0.295 e. The Morgan fingerprint density at radius 1 is 1.35 bits per heavy atom. The van der Waals surface area contributed by atoms with E-state index in [4.69, 9.17) is 17.4 Å². The second-order valence-electron chi connectivity index (χ2n) is 3.99. The van der Waals surface area contributed by atoms with Crippen LogP contribution in [0.1, 0.15) is 15.9 Å². The number of H-pyrrole nitrogens is 1. The van der Waals surface area contributed by atoms with Crippen LogP contribution in [0.3, 0.4) is 0 Å². The van der Waals surface area contributed by atoms with Crippen LogP contribution < -0.4 is 22.5 Å².